The summed E-state index contributed by atoms with van der Waals surface area (Å²) in [4.78, 5) is 0. The van der Waals surface area contributed by atoms with E-state index in [-0.39, 0.29) is 10.0 Å². The highest BCUT2D eigenvalue weighted by Crippen LogP contribution is 2.34. The van der Waals surface area contributed by atoms with E-state index in [1.165, 1.54) is 12.1 Å². The topological polar surface area (TPSA) is 9.23 Å². The Morgan fingerprint density at radius 2 is 1.77 bits per heavy atom. The predicted octanol–water partition coefficient (Wildman–Crippen LogP) is 3.89. The van der Waals surface area contributed by atoms with Crippen LogP contribution in [0.4, 0.5) is 13.2 Å². The first-order valence-electron chi connectivity index (χ1n) is 3.10. The fourth-order valence-electron chi connectivity index (χ4n) is 0.688. The van der Waals surface area contributed by atoms with E-state index in [1.807, 2.05) is 0 Å². The first kappa shape index (κ1) is 10.5. The summed E-state index contributed by atoms with van der Waals surface area (Å²) in [6.45, 7) is 0. The molecule has 0 heterocycles. The fraction of sp³-hybridized carbons (Fsp3) is 0.143. The molecule has 0 saturated heterocycles. The summed E-state index contributed by atoms with van der Waals surface area (Å²) in [5.41, 5.74) is 0. The Hall–Kier alpha value is -0.610. The van der Waals surface area contributed by atoms with Crippen molar-refractivity contribution in [2.24, 2.45) is 0 Å². The minimum Gasteiger partial charge on any atom is -0.404 e. The molecule has 0 N–H and O–H groups in total. The molecule has 0 amide bonds. The Labute approximate surface area is 82.0 Å². The van der Waals surface area contributed by atoms with Crippen LogP contribution in [0.2, 0.25) is 10.0 Å². The molecule has 0 fully saturated rings. The molecule has 1 rings (SSSR count). The van der Waals surface area contributed by atoms with Crippen LogP contribution in [0, 0.1) is 0 Å². The van der Waals surface area contributed by atoms with Crippen molar-refractivity contribution in [2.75, 3.05) is 0 Å². The third kappa shape index (κ3) is 2.97. The third-order valence-electron chi connectivity index (χ3n) is 1.14. The van der Waals surface area contributed by atoms with Gasteiger partial charge in [-0.1, -0.05) is 29.3 Å². The van der Waals surface area contributed by atoms with Gasteiger partial charge in [-0.2, -0.15) is 0 Å². The van der Waals surface area contributed by atoms with Crippen molar-refractivity contribution in [3.63, 3.8) is 0 Å². The molecule has 72 valence electrons. The number of ether oxygens (including phenoxy) is 1. The number of rotatable bonds is 1. The maximum absolute atomic E-state index is 11.7. The van der Waals surface area contributed by atoms with Gasteiger partial charge in [0.25, 0.3) is 0 Å². The van der Waals surface area contributed by atoms with Crippen LogP contribution in [0.25, 0.3) is 0 Å². The smallest absolute Gasteiger partial charge is 0.404 e. The van der Waals surface area contributed by atoms with E-state index < -0.39 is 12.1 Å². The van der Waals surface area contributed by atoms with Gasteiger partial charge in [0.05, 0.1) is 5.02 Å². The molecule has 1 aromatic rings. The Kier molecular flexibility index (Phi) is 2.93. The monoisotopic (exact) mass is 230 g/mol. The molecular formula is C7H3Cl2F3O. The van der Waals surface area contributed by atoms with Crippen molar-refractivity contribution >= 4 is 23.2 Å². The fourth-order valence-corrected chi connectivity index (χ4v) is 1.02. The van der Waals surface area contributed by atoms with Gasteiger partial charge in [0.2, 0.25) is 0 Å². The van der Waals surface area contributed by atoms with Crippen molar-refractivity contribution in [2.45, 2.75) is 6.36 Å². The third-order valence-corrected chi connectivity index (χ3v) is 1.94. The average molecular weight is 231 g/mol. The quantitative estimate of drug-likeness (QED) is 0.712. The zero-order valence-corrected chi connectivity index (χ0v) is 7.54. The molecule has 0 atom stereocenters. The standard InChI is InChI=1S/C7H3Cl2F3O/c8-4-2-1-3-5(6(4)9)13-7(10,11)12/h1-3H. The van der Waals surface area contributed by atoms with Gasteiger partial charge < -0.3 is 4.74 Å². The molecule has 0 bridgehead atoms. The molecule has 0 spiro atoms. The highest BCUT2D eigenvalue weighted by molar-refractivity contribution is 6.42. The van der Waals surface area contributed by atoms with Crippen molar-refractivity contribution in [1.29, 1.82) is 0 Å². The van der Waals surface area contributed by atoms with Crippen LogP contribution >= 0.6 is 23.2 Å². The number of alkyl halides is 3. The maximum atomic E-state index is 11.7. The zero-order chi connectivity index (χ0) is 10.1. The van der Waals surface area contributed by atoms with Crippen molar-refractivity contribution in [3.8, 4) is 5.75 Å². The Morgan fingerprint density at radius 1 is 1.15 bits per heavy atom. The van der Waals surface area contributed by atoms with Gasteiger partial charge in [-0.15, -0.1) is 13.2 Å². The number of benzene rings is 1. The van der Waals surface area contributed by atoms with Crippen molar-refractivity contribution in [1.82, 2.24) is 0 Å². The Bertz CT molecular complexity index is 311. The SMILES string of the molecule is FC(F)(F)Oc1cccc(Cl)c1Cl. The summed E-state index contributed by atoms with van der Waals surface area (Å²) in [6.07, 6.45) is -4.76. The van der Waals surface area contributed by atoms with Crippen LogP contribution in [0.5, 0.6) is 5.75 Å². The summed E-state index contributed by atoms with van der Waals surface area (Å²) in [7, 11) is 0. The molecule has 0 saturated carbocycles. The summed E-state index contributed by atoms with van der Waals surface area (Å²) < 4.78 is 38.8. The normalized spacial score (nSPS) is 11.5. The van der Waals surface area contributed by atoms with Crippen LogP contribution < -0.4 is 4.74 Å². The van der Waals surface area contributed by atoms with Crippen LogP contribution in [-0.2, 0) is 0 Å². The van der Waals surface area contributed by atoms with Crippen LogP contribution in [0.1, 0.15) is 0 Å². The van der Waals surface area contributed by atoms with Gasteiger partial charge in [0, 0.05) is 0 Å². The highest BCUT2D eigenvalue weighted by Gasteiger charge is 2.32. The van der Waals surface area contributed by atoms with Crippen LogP contribution in [0.15, 0.2) is 18.2 Å². The van der Waals surface area contributed by atoms with Gasteiger partial charge in [0.15, 0.2) is 0 Å². The lowest BCUT2D eigenvalue weighted by Gasteiger charge is -2.10. The number of hydrogen-bond donors (Lipinski definition) is 0. The summed E-state index contributed by atoms with van der Waals surface area (Å²) in [5.74, 6) is -0.498. The number of halogens is 5. The summed E-state index contributed by atoms with van der Waals surface area (Å²) >= 11 is 10.9. The highest BCUT2D eigenvalue weighted by atomic mass is 35.5. The lowest BCUT2D eigenvalue weighted by Crippen LogP contribution is -2.17. The molecule has 0 radical (unpaired) electrons. The molecule has 13 heavy (non-hydrogen) atoms. The van der Waals surface area contributed by atoms with Crippen molar-refractivity contribution < 1.29 is 17.9 Å². The average Bonchev–Trinajstić information content (AvgIpc) is 1.96. The molecule has 0 aromatic heterocycles. The Balaban J connectivity index is 2.96. The molecule has 0 aliphatic carbocycles. The van der Waals surface area contributed by atoms with Crippen molar-refractivity contribution in [3.05, 3.63) is 28.2 Å². The largest absolute Gasteiger partial charge is 0.573 e. The van der Waals surface area contributed by atoms with Gasteiger partial charge in [0.1, 0.15) is 10.8 Å². The van der Waals surface area contributed by atoms with Gasteiger partial charge in [-0.3, -0.25) is 0 Å². The first-order valence-corrected chi connectivity index (χ1v) is 3.85. The first-order chi connectivity index (χ1) is 5.90. The van der Waals surface area contributed by atoms with Gasteiger partial charge >= 0.3 is 6.36 Å². The molecule has 0 aliphatic heterocycles. The predicted molar refractivity (Wildman–Crippen MR) is 43.1 cm³/mol. The van der Waals surface area contributed by atoms with Crippen LogP contribution in [-0.4, -0.2) is 6.36 Å². The van der Waals surface area contributed by atoms with E-state index in [1.54, 1.807) is 0 Å². The molecular weight excluding hydrogens is 228 g/mol. The molecule has 0 aliphatic rings. The minimum absolute atomic E-state index is 0.0171. The maximum Gasteiger partial charge on any atom is 0.573 e. The second-order valence-electron chi connectivity index (χ2n) is 2.10. The van der Waals surface area contributed by atoms with Crippen LogP contribution in [0.3, 0.4) is 0 Å². The van der Waals surface area contributed by atoms with E-state index in [9.17, 15) is 13.2 Å². The van der Waals surface area contributed by atoms with E-state index in [0.29, 0.717) is 0 Å². The van der Waals surface area contributed by atoms with Gasteiger partial charge in [-0.05, 0) is 12.1 Å². The molecule has 0 unspecified atom stereocenters. The van der Waals surface area contributed by atoms with E-state index in [0.717, 1.165) is 6.07 Å². The second-order valence-corrected chi connectivity index (χ2v) is 2.88. The molecule has 1 aromatic carbocycles. The van der Waals surface area contributed by atoms with E-state index in [2.05, 4.69) is 4.74 Å². The number of hydrogen-bond acceptors (Lipinski definition) is 1. The second kappa shape index (κ2) is 3.64. The summed E-state index contributed by atoms with van der Waals surface area (Å²) in [5, 5.41) is -0.232. The lowest BCUT2D eigenvalue weighted by atomic mass is 10.3. The molecule has 1 nitrogen and oxygen atoms in total. The Morgan fingerprint density at radius 3 is 2.31 bits per heavy atom. The lowest BCUT2D eigenvalue weighted by molar-refractivity contribution is -0.274. The zero-order valence-electron chi connectivity index (χ0n) is 6.03. The van der Waals surface area contributed by atoms with Gasteiger partial charge in [-0.25, -0.2) is 0 Å². The molecule has 6 heteroatoms. The summed E-state index contributed by atoms with van der Waals surface area (Å²) in [6, 6.07) is 3.77. The minimum atomic E-state index is -4.76. The van der Waals surface area contributed by atoms with E-state index in [4.69, 9.17) is 23.2 Å². The van der Waals surface area contributed by atoms with E-state index >= 15 is 0 Å².